The summed E-state index contributed by atoms with van der Waals surface area (Å²) < 4.78 is 15.0. The highest BCUT2D eigenvalue weighted by atomic mass is 19.1. The number of carbonyl (C=O) groups excluding carboxylic acids is 3. The van der Waals surface area contributed by atoms with Gasteiger partial charge in [-0.2, -0.15) is 0 Å². The molecule has 4 heterocycles. The molecule has 2 saturated heterocycles. The van der Waals surface area contributed by atoms with Gasteiger partial charge in [-0.3, -0.25) is 19.3 Å². The van der Waals surface area contributed by atoms with Crippen LogP contribution in [-0.4, -0.2) is 64.1 Å². The van der Waals surface area contributed by atoms with E-state index in [4.69, 9.17) is 0 Å². The third kappa shape index (κ3) is 4.94. The molecule has 39 heavy (non-hydrogen) atoms. The molecule has 3 amide bonds. The van der Waals surface area contributed by atoms with Gasteiger partial charge in [-0.05, 0) is 55.7 Å². The Bertz CT molecular complexity index is 1420. The Balaban J connectivity index is 1.39. The fraction of sp³-hybridized carbons (Fsp3) is 0.345. The molecule has 2 N–H and O–H groups in total. The minimum absolute atomic E-state index is 0.00914. The van der Waals surface area contributed by atoms with Crippen LogP contribution in [0.5, 0.6) is 0 Å². The lowest BCUT2D eigenvalue weighted by molar-refractivity contribution is -0.132. The molecule has 3 fully saturated rings. The topological polar surface area (TPSA) is 111 Å². The molecule has 9 nitrogen and oxygen atoms in total. The average molecular weight is 529 g/mol. The fourth-order valence-corrected chi connectivity index (χ4v) is 5.87. The summed E-state index contributed by atoms with van der Waals surface area (Å²) in [4.78, 5) is 55.1. The largest absolute Gasteiger partial charge is 0.341 e. The van der Waals surface area contributed by atoms with E-state index < -0.39 is 23.8 Å². The Morgan fingerprint density at radius 2 is 1.64 bits per heavy atom. The molecule has 4 aliphatic rings. The number of hydrogen-bond donors (Lipinski definition) is 2. The summed E-state index contributed by atoms with van der Waals surface area (Å²) in [6, 6.07) is 13.1. The van der Waals surface area contributed by atoms with Crippen LogP contribution in [0.2, 0.25) is 0 Å². The number of aromatic nitrogens is 2. The summed E-state index contributed by atoms with van der Waals surface area (Å²) >= 11 is 0. The number of rotatable bonds is 5. The molecular formula is C29H29FN6O3. The number of anilines is 1. The van der Waals surface area contributed by atoms with E-state index in [0.29, 0.717) is 36.2 Å². The molecule has 2 bridgehead atoms. The van der Waals surface area contributed by atoms with Crippen molar-refractivity contribution in [3.8, 4) is 0 Å². The SMILES string of the molecule is O=C(N[C@H]1N=C(c2ccccc2F)c2ccccc2N(CC(=O)N2CC3CCC(CC3)C2)C1=O)c1ncc[nH]1. The van der Waals surface area contributed by atoms with Crippen molar-refractivity contribution in [2.75, 3.05) is 24.5 Å². The summed E-state index contributed by atoms with van der Waals surface area (Å²) in [6.07, 6.45) is 6.01. The normalized spacial score (nSPS) is 22.5. The summed E-state index contributed by atoms with van der Waals surface area (Å²) in [5.41, 5.74) is 1.33. The number of fused-ring (bicyclic) bond motifs is 5. The summed E-state index contributed by atoms with van der Waals surface area (Å²) in [7, 11) is 0. The van der Waals surface area contributed by atoms with E-state index >= 15 is 4.39 Å². The predicted octanol–water partition coefficient (Wildman–Crippen LogP) is 3.14. The molecule has 1 atom stereocenters. The molecule has 0 spiro atoms. The van der Waals surface area contributed by atoms with Gasteiger partial charge in [0.1, 0.15) is 12.4 Å². The number of para-hydroxylation sites is 1. The molecular weight excluding hydrogens is 499 g/mol. The van der Waals surface area contributed by atoms with Crippen LogP contribution < -0.4 is 10.2 Å². The van der Waals surface area contributed by atoms with Crippen LogP contribution in [0.25, 0.3) is 0 Å². The van der Waals surface area contributed by atoms with Crippen molar-refractivity contribution in [1.82, 2.24) is 20.2 Å². The Morgan fingerprint density at radius 3 is 2.31 bits per heavy atom. The highest BCUT2D eigenvalue weighted by Gasteiger charge is 2.37. The second-order valence-corrected chi connectivity index (χ2v) is 10.4. The standard InChI is InChI=1S/C29H29FN6O3/c30-22-7-3-1-5-20(22)25-21-6-2-4-8-23(21)36(17-24(37)35-15-18-9-10-19(16-35)12-11-18)29(39)27(33-25)34-28(38)26-31-13-14-32-26/h1-8,13-14,18-19,27H,9-12,15-17H2,(H,31,32)(H,34,38)/t18?,19?,27-/m1/s1. The number of benzene rings is 2. The van der Waals surface area contributed by atoms with E-state index in [2.05, 4.69) is 20.3 Å². The van der Waals surface area contributed by atoms with E-state index in [1.54, 1.807) is 42.5 Å². The van der Waals surface area contributed by atoms with Crippen LogP contribution in [0.3, 0.4) is 0 Å². The number of aliphatic imine (C=N–C) groups is 1. The van der Waals surface area contributed by atoms with Crippen LogP contribution in [0.4, 0.5) is 10.1 Å². The van der Waals surface area contributed by atoms with Crippen LogP contribution in [-0.2, 0) is 9.59 Å². The first-order valence-corrected chi connectivity index (χ1v) is 13.3. The van der Waals surface area contributed by atoms with Gasteiger partial charge in [0.25, 0.3) is 11.8 Å². The maximum atomic E-state index is 15.0. The molecule has 3 aromatic rings. The molecule has 1 aliphatic carbocycles. The van der Waals surface area contributed by atoms with Gasteiger partial charge in [0, 0.05) is 36.6 Å². The molecule has 0 unspecified atom stereocenters. The fourth-order valence-electron chi connectivity index (χ4n) is 5.87. The zero-order valence-corrected chi connectivity index (χ0v) is 21.3. The van der Waals surface area contributed by atoms with Crippen molar-refractivity contribution in [3.63, 3.8) is 0 Å². The zero-order valence-electron chi connectivity index (χ0n) is 21.3. The van der Waals surface area contributed by atoms with Crippen LogP contribution in [0, 0.1) is 17.7 Å². The van der Waals surface area contributed by atoms with E-state index in [0.717, 1.165) is 25.7 Å². The number of carbonyl (C=O) groups is 3. The molecule has 200 valence electrons. The number of nitrogens with one attached hydrogen (secondary N) is 2. The lowest BCUT2D eigenvalue weighted by Crippen LogP contribution is -2.51. The molecule has 2 aromatic carbocycles. The first-order chi connectivity index (χ1) is 19.0. The van der Waals surface area contributed by atoms with Gasteiger partial charge in [-0.15, -0.1) is 0 Å². The minimum atomic E-state index is -1.40. The second-order valence-electron chi connectivity index (χ2n) is 10.4. The summed E-state index contributed by atoms with van der Waals surface area (Å²) in [6.45, 7) is 1.17. The third-order valence-corrected chi connectivity index (χ3v) is 7.89. The third-order valence-electron chi connectivity index (χ3n) is 7.89. The lowest BCUT2D eigenvalue weighted by atomic mass is 9.84. The highest BCUT2D eigenvalue weighted by molar-refractivity contribution is 6.21. The first-order valence-electron chi connectivity index (χ1n) is 13.3. The van der Waals surface area contributed by atoms with Gasteiger partial charge < -0.3 is 15.2 Å². The highest BCUT2D eigenvalue weighted by Crippen LogP contribution is 2.34. The molecule has 1 saturated carbocycles. The van der Waals surface area contributed by atoms with Crippen molar-refractivity contribution >= 4 is 29.1 Å². The Hall–Kier alpha value is -4.34. The number of H-pyrrole nitrogens is 1. The van der Waals surface area contributed by atoms with Gasteiger partial charge in [0.05, 0.1) is 11.4 Å². The molecule has 1 aromatic heterocycles. The van der Waals surface area contributed by atoms with E-state index in [1.807, 2.05) is 4.90 Å². The van der Waals surface area contributed by atoms with Crippen molar-refractivity contribution in [2.45, 2.75) is 31.8 Å². The Kier molecular flexibility index (Phi) is 6.68. The van der Waals surface area contributed by atoms with Crippen molar-refractivity contribution in [2.24, 2.45) is 16.8 Å². The molecule has 0 radical (unpaired) electrons. The maximum absolute atomic E-state index is 15.0. The quantitative estimate of drug-likeness (QED) is 0.530. The van der Waals surface area contributed by atoms with E-state index in [1.165, 1.54) is 23.4 Å². The molecule has 10 heteroatoms. The van der Waals surface area contributed by atoms with Gasteiger partial charge in [-0.1, -0.05) is 30.3 Å². The predicted molar refractivity (Wildman–Crippen MR) is 143 cm³/mol. The second kappa shape index (κ2) is 10.4. The van der Waals surface area contributed by atoms with Gasteiger partial charge >= 0.3 is 0 Å². The summed E-state index contributed by atoms with van der Waals surface area (Å²) in [5, 5.41) is 2.62. The minimum Gasteiger partial charge on any atom is -0.341 e. The monoisotopic (exact) mass is 528 g/mol. The van der Waals surface area contributed by atoms with Crippen molar-refractivity contribution in [1.29, 1.82) is 0 Å². The number of imidazole rings is 1. The number of amides is 3. The molecule has 3 aliphatic heterocycles. The van der Waals surface area contributed by atoms with Gasteiger partial charge in [0.15, 0.2) is 5.82 Å². The maximum Gasteiger partial charge on any atom is 0.289 e. The van der Waals surface area contributed by atoms with Gasteiger partial charge in [0.2, 0.25) is 12.1 Å². The number of hydrogen-bond acceptors (Lipinski definition) is 5. The zero-order chi connectivity index (χ0) is 26.9. The Morgan fingerprint density at radius 1 is 0.974 bits per heavy atom. The number of benzodiazepines with no additional fused rings is 1. The van der Waals surface area contributed by atoms with Crippen LogP contribution >= 0.6 is 0 Å². The molecule has 7 rings (SSSR count). The van der Waals surface area contributed by atoms with Crippen molar-refractivity contribution < 1.29 is 18.8 Å². The van der Waals surface area contributed by atoms with E-state index in [-0.39, 0.29) is 29.6 Å². The van der Waals surface area contributed by atoms with Crippen LogP contribution in [0.15, 0.2) is 65.9 Å². The Labute approximate surface area is 225 Å². The van der Waals surface area contributed by atoms with E-state index in [9.17, 15) is 14.4 Å². The van der Waals surface area contributed by atoms with Crippen molar-refractivity contribution in [3.05, 3.63) is 83.7 Å². The average Bonchev–Trinajstić information content (AvgIpc) is 3.28. The first kappa shape index (κ1) is 25.0. The lowest BCUT2D eigenvalue weighted by Gasteiger charge is -2.29. The number of aromatic amines is 1. The number of halogens is 1. The van der Waals surface area contributed by atoms with Crippen LogP contribution in [0.1, 0.15) is 47.4 Å². The van der Waals surface area contributed by atoms with Gasteiger partial charge in [-0.25, -0.2) is 14.4 Å². The summed E-state index contributed by atoms with van der Waals surface area (Å²) in [5.74, 6) is -0.917. The number of nitrogens with zero attached hydrogens (tertiary/aromatic N) is 4. The smallest absolute Gasteiger partial charge is 0.289 e.